The molecule has 0 heterocycles. The van der Waals surface area contributed by atoms with Crippen LogP contribution >= 0.6 is 11.8 Å². The van der Waals surface area contributed by atoms with E-state index >= 15 is 0 Å². The summed E-state index contributed by atoms with van der Waals surface area (Å²) in [6.07, 6.45) is 0. The van der Waals surface area contributed by atoms with Crippen molar-refractivity contribution in [2.75, 3.05) is 0 Å². The Morgan fingerprint density at radius 1 is 1.31 bits per heavy atom. The lowest BCUT2D eigenvalue weighted by molar-refractivity contribution is -0.109. The number of hydrogen-bond acceptors (Lipinski definition) is 2. The van der Waals surface area contributed by atoms with Gasteiger partial charge >= 0.3 is 0 Å². The van der Waals surface area contributed by atoms with Gasteiger partial charge in [-0.2, -0.15) is 0 Å². The third-order valence-corrected chi connectivity index (χ3v) is 2.46. The van der Waals surface area contributed by atoms with Crippen LogP contribution in [0, 0.1) is 0 Å². The van der Waals surface area contributed by atoms with Gasteiger partial charge in [0.25, 0.3) is 0 Å². The smallest absolute Gasteiger partial charge is 0.190 e. The molecular formula is C11H12OS. The molecule has 13 heavy (non-hydrogen) atoms. The second-order valence-electron chi connectivity index (χ2n) is 2.87. The fraction of sp³-hybridized carbons (Fsp3) is 0.182. The minimum atomic E-state index is 0.105. The van der Waals surface area contributed by atoms with E-state index in [0.717, 1.165) is 16.0 Å². The summed E-state index contributed by atoms with van der Waals surface area (Å²) in [6.45, 7) is 7.38. The van der Waals surface area contributed by atoms with Gasteiger partial charge in [-0.25, -0.2) is 0 Å². The molecule has 0 spiro atoms. The van der Waals surface area contributed by atoms with Crippen LogP contribution in [0.1, 0.15) is 19.4 Å². The van der Waals surface area contributed by atoms with Crippen molar-refractivity contribution in [2.24, 2.45) is 0 Å². The van der Waals surface area contributed by atoms with E-state index < -0.39 is 0 Å². The van der Waals surface area contributed by atoms with Crippen molar-refractivity contribution >= 4 is 22.5 Å². The molecule has 2 heteroatoms. The van der Waals surface area contributed by atoms with Crippen LogP contribution in [0.2, 0.25) is 0 Å². The van der Waals surface area contributed by atoms with E-state index in [9.17, 15) is 4.79 Å². The second-order valence-corrected chi connectivity index (χ2v) is 4.09. The topological polar surface area (TPSA) is 17.1 Å². The second kappa shape index (κ2) is 4.28. The van der Waals surface area contributed by atoms with Crippen molar-refractivity contribution in [2.45, 2.75) is 18.7 Å². The Morgan fingerprint density at radius 2 is 1.92 bits per heavy atom. The maximum absolute atomic E-state index is 10.9. The summed E-state index contributed by atoms with van der Waals surface area (Å²) in [5.74, 6) is 0. The largest absolute Gasteiger partial charge is 0.287 e. The predicted octanol–water partition coefficient (Wildman–Crippen LogP) is 3.36. The van der Waals surface area contributed by atoms with E-state index in [2.05, 4.69) is 6.58 Å². The highest BCUT2D eigenvalue weighted by atomic mass is 32.2. The lowest BCUT2D eigenvalue weighted by Gasteiger charge is -2.05. The highest BCUT2D eigenvalue weighted by molar-refractivity contribution is 8.13. The highest BCUT2D eigenvalue weighted by Crippen LogP contribution is 2.27. The van der Waals surface area contributed by atoms with E-state index in [1.54, 1.807) is 6.92 Å². The van der Waals surface area contributed by atoms with Gasteiger partial charge in [-0.15, -0.1) is 0 Å². The average Bonchev–Trinajstić information content (AvgIpc) is 2.03. The van der Waals surface area contributed by atoms with Crippen LogP contribution in [-0.4, -0.2) is 5.12 Å². The number of rotatable bonds is 2. The minimum absolute atomic E-state index is 0.105. The molecule has 0 fully saturated rings. The zero-order valence-corrected chi connectivity index (χ0v) is 8.65. The van der Waals surface area contributed by atoms with Crippen LogP contribution in [0.4, 0.5) is 0 Å². The van der Waals surface area contributed by atoms with Gasteiger partial charge in [-0.1, -0.05) is 36.5 Å². The normalized spacial score (nSPS) is 9.69. The number of benzene rings is 1. The third-order valence-electron chi connectivity index (χ3n) is 1.60. The molecule has 68 valence electrons. The van der Waals surface area contributed by atoms with Gasteiger partial charge in [-0.05, 0) is 24.1 Å². The molecule has 1 aromatic rings. The van der Waals surface area contributed by atoms with Crippen molar-refractivity contribution in [1.82, 2.24) is 0 Å². The van der Waals surface area contributed by atoms with Crippen LogP contribution in [0.3, 0.4) is 0 Å². The zero-order valence-electron chi connectivity index (χ0n) is 7.83. The summed E-state index contributed by atoms with van der Waals surface area (Å²) in [5, 5.41) is 0.105. The third kappa shape index (κ3) is 2.74. The SMILES string of the molecule is C=C(C)c1ccccc1SC(C)=O. The molecule has 0 saturated carbocycles. The molecule has 1 aromatic carbocycles. The molecule has 0 aromatic heterocycles. The fourth-order valence-electron chi connectivity index (χ4n) is 1.06. The fourth-order valence-corrected chi connectivity index (χ4v) is 1.87. The number of allylic oxidation sites excluding steroid dienone is 1. The quantitative estimate of drug-likeness (QED) is 0.668. The monoisotopic (exact) mass is 192 g/mol. The van der Waals surface area contributed by atoms with Crippen molar-refractivity contribution in [3.05, 3.63) is 36.4 Å². The van der Waals surface area contributed by atoms with Gasteiger partial charge < -0.3 is 0 Å². The van der Waals surface area contributed by atoms with Gasteiger partial charge in [0.05, 0.1) is 0 Å². The van der Waals surface area contributed by atoms with Gasteiger partial charge in [0, 0.05) is 11.8 Å². The van der Waals surface area contributed by atoms with Crippen molar-refractivity contribution in [3.63, 3.8) is 0 Å². The number of carbonyl (C=O) groups excluding carboxylic acids is 1. The maximum Gasteiger partial charge on any atom is 0.190 e. The van der Waals surface area contributed by atoms with E-state index in [-0.39, 0.29) is 5.12 Å². The lowest BCUT2D eigenvalue weighted by atomic mass is 10.1. The summed E-state index contributed by atoms with van der Waals surface area (Å²) >= 11 is 1.25. The molecule has 0 radical (unpaired) electrons. The zero-order chi connectivity index (χ0) is 9.84. The molecule has 0 saturated heterocycles. The standard InChI is InChI=1S/C11H12OS/c1-8(2)10-6-4-5-7-11(10)13-9(3)12/h4-7H,1H2,2-3H3. The van der Waals surface area contributed by atoms with E-state index in [0.29, 0.717) is 0 Å². The highest BCUT2D eigenvalue weighted by Gasteiger charge is 2.04. The first-order chi connectivity index (χ1) is 6.11. The predicted molar refractivity (Wildman–Crippen MR) is 57.7 cm³/mol. The molecule has 0 bridgehead atoms. The molecule has 0 aliphatic heterocycles. The van der Waals surface area contributed by atoms with Gasteiger partial charge in [0.2, 0.25) is 0 Å². The maximum atomic E-state index is 10.9. The number of hydrogen-bond donors (Lipinski definition) is 0. The number of carbonyl (C=O) groups is 1. The summed E-state index contributed by atoms with van der Waals surface area (Å²) in [5.41, 5.74) is 2.05. The van der Waals surface area contributed by atoms with Crippen LogP contribution in [0.25, 0.3) is 5.57 Å². The Bertz CT molecular complexity index is 342. The molecule has 0 unspecified atom stereocenters. The van der Waals surface area contributed by atoms with Gasteiger partial charge in [-0.3, -0.25) is 4.79 Å². The Morgan fingerprint density at radius 3 is 2.46 bits per heavy atom. The van der Waals surface area contributed by atoms with Crippen molar-refractivity contribution in [1.29, 1.82) is 0 Å². The van der Waals surface area contributed by atoms with Crippen LogP contribution in [-0.2, 0) is 4.79 Å². The Kier molecular flexibility index (Phi) is 3.32. The van der Waals surface area contributed by atoms with Gasteiger partial charge in [0.1, 0.15) is 0 Å². The summed E-state index contributed by atoms with van der Waals surface area (Å²) in [4.78, 5) is 11.9. The van der Waals surface area contributed by atoms with E-state index in [1.807, 2.05) is 31.2 Å². The van der Waals surface area contributed by atoms with E-state index in [1.165, 1.54) is 11.8 Å². The van der Waals surface area contributed by atoms with Crippen LogP contribution < -0.4 is 0 Å². The molecule has 0 atom stereocenters. The summed E-state index contributed by atoms with van der Waals surface area (Å²) in [6, 6.07) is 7.80. The Labute approximate surface area is 82.9 Å². The number of thioether (sulfide) groups is 1. The average molecular weight is 192 g/mol. The van der Waals surface area contributed by atoms with Crippen molar-refractivity contribution < 1.29 is 4.79 Å². The molecule has 0 aliphatic rings. The molecule has 0 aliphatic carbocycles. The Balaban J connectivity index is 3.04. The van der Waals surface area contributed by atoms with Crippen LogP contribution in [0.5, 0.6) is 0 Å². The molecule has 0 amide bonds. The van der Waals surface area contributed by atoms with E-state index in [4.69, 9.17) is 0 Å². The summed E-state index contributed by atoms with van der Waals surface area (Å²) < 4.78 is 0. The molecular weight excluding hydrogens is 180 g/mol. The van der Waals surface area contributed by atoms with Crippen molar-refractivity contribution in [3.8, 4) is 0 Å². The first kappa shape index (κ1) is 10.1. The molecule has 1 nitrogen and oxygen atoms in total. The molecule has 1 rings (SSSR count). The Hall–Kier alpha value is -1.02. The molecule has 0 N–H and O–H groups in total. The lowest BCUT2D eigenvalue weighted by Crippen LogP contribution is -1.86. The van der Waals surface area contributed by atoms with Crippen LogP contribution in [0.15, 0.2) is 35.7 Å². The first-order valence-corrected chi connectivity index (χ1v) is 4.86. The summed E-state index contributed by atoms with van der Waals surface area (Å²) in [7, 11) is 0. The van der Waals surface area contributed by atoms with Gasteiger partial charge in [0.15, 0.2) is 5.12 Å². The first-order valence-electron chi connectivity index (χ1n) is 4.04. The minimum Gasteiger partial charge on any atom is -0.287 e.